The van der Waals surface area contributed by atoms with Gasteiger partial charge in [-0.2, -0.15) is 5.10 Å². The van der Waals surface area contributed by atoms with Crippen LogP contribution in [0, 0.1) is 0 Å². The van der Waals surface area contributed by atoms with Crippen LogP contribution in [0.2, 0.25) is 5.02 Å². The molecular weight excluding hydrogens is 392 g/mol. The molecule has 3 rings (SSSR count). The summed E-state index contributed by atoms with van der Waals surface area (Å²) in [6.45, 7) is 0. The van der Waals surface area contributed by atoms with Gasteiger partial charge in [-0.05, 0) is 36.4 Å². The van der Waals surface area contributed by atoms with Crippen molar-refractivity contribution in [1.82, 2.24) is 5.43 Å². The van der Waals surface area contributed by atoms with Gasteiger partial charge in [-0.25, -0.2) is 5.43 Å². The van der Waals surface area contributed by atoms with Crippen LogP contribution in [0.3, 0.4) is 0 Å². The molecule has 0 aliphatic carbocycles. The summed E-state index contributed by atoms with van der Waals surface area (Å²) in [5.74, 6) is 0.880. The van der Waals surface area contributed by atoms with E-state index in [9.17, 15) is 4.79 Å². The highest BCUT2D eigenvalue weighted by Gasteiger charge is 2.08. The number of nitrogens with one attached hydrogen (secondary N) is 1. The quantitative estimate of drug-likeness (QED) is 0.485. The lowest BCUT2D eigenvalue weighted by atomic mass is 10.2. The fourth-order valence-corrected chi connectivity index (χ4v) is 2.54. The lowest BCUT2D eigenvalue weighted by Crippen LogP contribution is -2.17. The minimum atomic E-state index is -0.378. The molecule has 0 unspecified atom stereocenters. The average molecular weight is 404 g/mol. The number of amides is 1. The number of rotatable bonds is 4. The van der Waals surface area contributed by atoms with E-state index in [0.29, 0.717) is 16.3 Å². The summed E-state index contributed by atoms with van der Waals surface area (Å²) in [5, 5.41) is 4.27. The van der Waals surface area contributed by atoms with Crippen molar-refractivity contribution >= 4 is 39.7 Å². The van der Waals surface area contributed by atoms with Crippen LogP contribution in [0.5, 0.6) is 0 Å². The number of carbonyl (C=O) groups excluding carboxylic acids is 1. The summed E-state index contributed by atoms with van der Waals surface area (Å²) >= 11 is 9.36. The Bertz CT molecular complexity index is 888. The van der Waals surface area contributed by atoms with Gasteiger partial charge < -0.3 is 4.42 Å². The predicted octanol–water partition coefficient (Wildman–Crippen LogP) is 5.13. The van der Waals surface area contributed by atoms with E-state index in [0.717, 1.165) is 15.8 Å². The van der Waals surface area contributed by atoms with Crippen LogP contribution in [0.1, 0.15) is 16.1 Å². The minimum absolute atomic E-state index is 0.367. The molecule has 0 fully saturated rings. The molecule has 1 amide bonds. The molecule has 1 N–H and O–H groups in total. The molecule has 0 saturated carbocycles. The number of hydrogen-bond donors (Lipinski definition) is 1. The molecule has 120 valence electrons. The Hall–Kier alpha value is -2.37. The maximum atomic E-state index is 12.0. The zero-order chi connectivity index (χ0) is 16.9. The van der Waals surface area contributed by atoms with E-state index >= 15 is 0 Å². The summed E-state index contributed by atoms with van der Waals surface area (Å²) in [4.78, 5) is 12.0. The number of hydrogen-bond acceptors (Lipinski definition) is 3. The fraction of sp³-hybridized carbons (Fsp3) is 0. The van der Waals surface area contributed by atoms with Crippen LogP contribution in [0.15, 0.2) is 74.7 Å². The molecule has 1 aromatic heterocycles. The lowest BCUT2D eigenvalue weighted by Gasteiger charge is -2.01. The Morgan fingerprint density at radius 3 is 2.58 bits per heavy atom. The molecule has 4 nitrogen and oxygen atoms in total. The van der Waals surface area contributed by atoms with Crippen LogP contribution >= 0.6 is 27.5 Å². The van der Waals surface area contributed by atoms with Crippen molar-refractivity contribution in [3.8, 4) is 11.3 Å². The van der Waals surface area contributed by atoms with Gasteiger partial charge in [0.05, 0.1) is 16.8 Å². The predicted molar refractivity (Wildman–Crippen MR) is 98.4 cm³/mol. The smallest absolute Gasteiger partial charge is 0.272 e. The summed E-state index contributed by atoms with van der Waals surface area (Å²) in [6, 6.07) is 18.2. The largest absolute Gasteiger partial charge is 0.455 e. The lowest BCUT2D eigenvalue weighted by molar-refractivity contribution is 0.0955. The van der Waals surface area contributed by atoms with Crippen molar-refractivity contribution in [2.24, 2.45) is 5.10 Å². The number of carbonyl (C=O) groups is 1. The summed E-state index contributed by atoms with van der Waals surface area (Å²) < 4.78 is 6.68. The summed E-state index contributed by atoms with van der Waals surface area (Å²) in [5.41, 5.74) is 3.75. The van der Waals surface area contributed by atoms with Gasteiger partial charge in [0.1, 0.15) is 11.5 Å². The van der Waals surface area contributed by atoms with Crippen LogP contribution in [0.4, 0.5) is 0 Å². The van der Waals surface area contributed by atoms with Gasteiger partial charge >= 0.3 is 0 Å². The highest BCUT2D eigenvalue weighted by Crippen LogP contribution is 2.23. The van der Waals surface area contributed by atoms with Crippen molar-refractivity contribution in [3.05, 3.63) is 81.5 Å². The molecular formula is C18H12BrClN2O2. The molecule has 3 aromatic rings. The van der Waals surface area contributed by atoms with Crippen molar-refractivity contribution in [3.63, 3.8) is 0 Å². The van der Waals surface area contributed by atoms with Gasteiger partial charge in [-0.3, -0.25) is 4.79 Å². The van der Waals surface area contributed by atoms with Gasteiger partial charge in [0.25, 0.3) is 5.91 Å². The first-order valence-electron chi connectivity index (χ1n) is 7.07. The standard InChI is InChI=1S/C18H12BrClN2O2/c19-13-7-5-12(6-8-13)17-10-9-14(24-17)11-21-22-18(23)15-3-1-2-4-16(15)20/h1-11H,(H,22,23)/b21-11+. The topological polar surface area (TPSA) is 54.6 Å². The molecule has 6 heteroatoms. The maximum Gasteiger partial charge on any atom is 0.272 e. The Kier molecular flexibility index (Phi) is 5.13. The molecule has 24 heavy (non-hydrogen) atoms. The maximum absolute atomic E-state index is 12.0. The molecule has 0 aliphatic rings. The van der Waals surface area contributed by atoms with Gasteiger partial charge in [0.2, 0.25) is 0 Å². The van der Waals surface area contributed by atoms with Crippen LogP contribution < -0.4 is 5.43 Å². The van der Waals surface area contributed by atoms with Gasteiger partial charge in [-0.1, -0.05) is 51.8 Å². The summed E-state index contributed by atoms with van der Waals surface area (Å²) in [7, 11) is 0. The fourth-order valence-electron chi connectivity index (χ4n) is 2.05. The monoisotopic (exact) mass is 402 g/mol. The third-order valence-electron chi connectivity index (χ3n) is 3.23. The van der Waals surface area contributed by atoms with E-state index in [1.54, 1.807) is 30.3 Å². The highest BCUT2D eigenvalue weighted by atomic mass is 79.9. The minimum Gasteiger partial charge on any atom is -0.455 e. The third-order valence-corrected chi connectivity index (χ3v) is 4.09. The Labute approximate surface area is 152 Å². The molecule has 0 aliphatic heterocycles. The molecule has 0 spiro atoms. The van der Waals surface area contributed by atoms with Gasteiger partial charge in [0.15, 0.2) is 0 Å². The first-order chi connectivity index (χ1) is 11.6. The normalized spacial score (nSPS) is 10.9. The first kappa shape index (κ1) is 16.5. The molecule has 0 atom stereocenters. The van der Waals surface area contributed by atoms with Crippen molar-refractivity contribution in [2.75, 3.05) is 0 Å². The Morgan fingerprint density at radius 1 is 1.08 bits per heavy atom. The van der Waals surface area contributed by atoms with Crippen molar-refractivity contribution < 1.29 is 9.21 Å². The van der Waals surface area contributed by atoms with Crippen LogP contribution in [0.25, 0.3) is 11.3 Å². The SMILES string of the molecule is O=C(N/N=C/c1ccc(-c2ccc(Br)cc2)o1)c1ccccc1Cl. The zero-order valence-electron chi connectivity index (χ0n) is 12.4. The number of benzene rings is 2. The van der Waals surface area contributed by atoms with E-state index < -0.39 is 0 Å². The van der Waals surface area contributed by atoms with E-state index in [2.05, 4.69) is 26.5 Å². The molecule has 1 heterocycles. The average Bonchev–Trinajstić information content (AvgIpc) is 3.04. The van der Waals surface area contributed by atoms with E-state index in [-0.39, 0.29) is 5.91 Å². The van der Waals surface area contributed by atoms with E-state index in [1.807, 2.05) is 30.3 Å². The number of halogens is 2. The van der Waals surface area contributed by atoms with Crippen LogP contribution in [-0.4, -0.2) is 12.1 Å². The second kappa shape index (κ2) is 7.47. The summed E-state index contributed by atoms with van der Waals surface area (Å²) in [6.07, 6.45) is 1.44. The second-order valence-corrected chi connectivity index (χ2v) is 6.21. The Balaban J connectivity index is 1.66. The number of nitrogens with zero attached hydrogens (tertiary/aromatic N) is 1. The van der Waals surface area contributed by atoms with Crippen LogP contribution in [-0.2, 0) is 0 Å². The van der Waals surface area contributed by atoms with E-state index in [1.165, 1.54) is 6.21 Å². The molecule has 0 bridgehead atoms. The third kappa shape index (κ3) is 3.93. The van der Waals surface area contributed by atoms with Crippen molar-refractivity contribution in [1.29, 1.82) is 0 Å². The first-order valence-corrected chi connectivity index (χ1v) is 8.24. The number of hydrazone groups is 1. The molecule has 2 aromatic carbocycles. The van der Waals surface area contributed by atoms with Gasteiger partial charge in [-0.15, -0.1) is 0 Å². The van der Waals surface area contributed by atoms with Crippen molar-refractivity contribution in [2.45, 2.75) is 0 Å². The Morgan fingerprint density at radius 2 is 1.83 bits per heavy atom. The van der Waals surface area contributed by atoms with E-state index in [4.69, 9.17) is 16.0 Å². The van der Waals surface area contributed by atoms with Gasteiger partial charge in [0, 0.05) is 10.0 Å². The number of furan rings is 1. The zero-order valence-corrected chi connectivity index (χ0v) is 14.7. The molecule has 0 saturated heterocycles. The molecule has 0 radical (unpaired) electrons. The highest BCUT2D eigenvalue weighted by molar-refractivity contribution is 9.10. The second-order valence-electron chi connectivity index (χ2n) is 4.89.